The topological polar surface area (TPSA) is 53.5 Å². The summed E-state index contributed by atoms with van der Waals surface area (Å²) in [5.41, 5.74) is 0. The highest BCUT2D eigenvalue weighted by Gasteiger charge is 1.95. The molecular formula is C16H20N2O3. The molecule has 2 rings (SSSR count). The van der Waals surface area contributed by atoms with Crippen LogP contribution < -0.4 is 9.47 Å². The maximum absolute atomic E-state index is 5.51. The highest BCUT2D eigenvalue weighted by molar-refractivity contribution is 5.09. The van der Waals surface area contributed by atoms with Crippen molar-refractivity contribution in [2.24, 2.45) is 0 Å². The second-order valence-electron chi connectivity index (χ2n) is 4.35. The van der Waals surface area contributed by atoms with Gasteiger partial charge >= 0.3 is 0 Å². The highest BCUT2D eigenvalue weighted by Crippen LogP contribution is 2.04. The van der Waals surface area contributed by atoms with Crippen LogP contribution >= 0.6 is 0 Å². The third-order valence-electron chi connectivity index (χ3n) is 2.64. The summed E-state index contributed by atoms with van der Waals surface area (Å²) in [7, 11) is 0. The number of aromatic nitrogens is 2. The quantitative estimate of drug-likeness (QED) is 0.629. The molecule has 0 spiro atoms. The minimum atomic E-state index is 0.613. The molecule has 0 aliphatic heterocycles. The van der Waals surface area contributed by atoms with E-state index in [-0.39, 0.29) is 0 Å². The van der Waals surface area contributed by atoms with Crippen molar-refractivity contribution in [3.05, 3.63) is 48.8 Å². The van der Waals surface area contributed by atoms with E-state index in [0.29, 0.717) is 38.2 Å². The third kappa shape index (κ3) is 6.72. The van der Waals surface area contributed by atoms with Crippen LogP contribution in [0.1, 0.15) is 12.8 Å². The molecule has 0 saturated carbocycles. The third-order valence-corrected chi connectivity index (χ3v) is 2.64. The van der Waals surface area contributed by atoms with Crippen LogP contribution in [0.3, 0.4) is 0 Å². The number of ether oxygens (including phenoxy) is 3. The lowest BCUT2D eigenvalue weighted by atomic mass is 10.4. The zero-order valence-electron chi connectivity index (χ0n) is 12.0. The van der Waals surface area contributed by atoms with Crippen LogP contribution in [0, 0.1) is 0 Å². The lowest BCUT2D eigenvalue weighted by molar-refractivity contribution is 0.106. The van der Waals surface area contributed by atoms with E-state index in [2.05, 4.69) is 9.97 Å². The largest absolute Gasteiger partial charge is 0.478 e. The van der Waals surface area contributed by atoms with E-state index >= 15 is 0 Å². The molecule has 0 bridgehead atoms. The maximum atomic E-state index is 5.51. The Morgan fingerprint density at radius 3 is 1.62 bits per heavy atom. The first-order valence-corrected chi connectivity index (χ1v) is 7.10. The van der Waals surface area contributed by atoms with Crippen LogP contribution in [-0.4, -0.2) is 36.4 Å². The Morgan fingerprint density at radius 2 is 1.19 bits per heavy atom. The van der Waals surface area contributed by atoms with E-state index in [9.17, 15) is 0 Å². The summed E-state index contributed by atoms with van der Waals surface area (Å²) >= 11 is 0. The van der Waals surface area contributed by atoms with Gasteiger partial charge in [-0.1, -0.05) is 12.1 Å². The van der Waals surface area contributed by atoms with Crippen molar-refractivity contribution < 1.29 is 14.2 Å². The fourth-order valence-corrected chi connectivity index (χ4v) is 1.64. The SMILES string of the molecule is c1ccc(OCCCOCCCOc2ccccn2)nc1. The molecule has 0 N–H and O–H groups in total. The number of rotatable bonds is 10. The predicted molar refractivity (Wildman–Crippen MR) is 79.5 cm³/mol. The number of nitrogens with zero attached hydrogens (tertiary/aromatic N) is 2. The lowest BCUT2D eigenvalue weighted by Gasteiger charge is -2.07. The Bertz CT molecular complexity index is 434. The molecule has 0 atom stereocenters. The summed E-state index contributed by atoms with van der Waals surface area (Å²) < 4.78 is 16.4. The molecule has 0 aliphatic carbocycles. The standard InChI is InChI=1S/C16H20N2O3/c1-3-9-17-15(7-1)20-13-5-11-19-12-6-14-21-16-8-2-4-10-18-16/h1-4,7-10H,5-6,11-14H2. The Balaban J connectivity index is 1.40. The zero-order valence-corrected chi connectivity index (χ0v) is 12.0. The van der Waals surface area contributed by atoms with Crippen molar-refractivity contribution in [2.45, 2.75) is 12.8 Å². The molecule has 0 amide bonds. The fourth-order valence-electron chi connectivity index (χ4n) is 1.64. The van der Waals surface area contributed by atoms with E-state index in [1.165, 1.54) is 0 Å². The predicted octanol–water partition coefficient (Wildman–Crippen LogP) is 2.73. The molecule has 0 radical (unpaired) electrons. The molecule has 21 heavy (non-hydrogen) atoms. The van der Waals surface area contributed by atoms with Crippen LogP contribution in [0.15, 0.2) is 48.8 Å². The number of pyridine rings is 2. The molecule has 0 aliphatic rings. The molecule has 0 saturated heterocycles. The van der Waals surface area contributed by atoms with Crippen LogP contribution in [-0.2, 0) is 4.74 Å². The van der Waals surface area contributed by atoms with Gasteiger partial charge in [0.05, 0.1) is 13.2 Å². The van der Waals surface area contributed by atoms with Gasteiger partial charge in [-0.05, 0) is 12.1 Å². The van der Waals surface area contributed by atoms with E-state index in [4.69, 9.17) is 14.2 Å². The molecule has 2 aromatic rings. The zero-order chi connectivity index (χ0) is 14.6. The van der Waals surface area contributed by atoms with Crippen LogP contribution in [0.4, 0.5) is 0 Å². The van der Waals surface area contributed by atoms with Gasteiger partial charge in [0, 0.05) is 50.6 Å². The molecule has 2 aromatic heterocycles. The smallest absolute Gasteiger partial charge is 0.213 e. The molecule has 112 valence electrons. The second-order valence-corrected chi connectivity index (χ2v) is 4.35. The summed E-state index contributed by atoms with van der Waals surface area (Å²) in [6.45, 7) is 2.58. The Morgan fingerprint density at radius 1 is 0.667 bits per heavy atom. The van der Waals surface area contributed by atoms with Gasteiger partial charge in [-0.15, -0.1) is 0 Å². The maximum Gasteiger partial charge on any atom is 0.213 e. The van der Waals surface area contributed by atoms with E-state index in [1.807, 2.05) is 36.4 Å². The van der Waals surface area contributed by atoms with Gasteiger partial charge in [0.25, 0.3) is 0 Å². The summed E-state index contributed by atoms with van der Waals surface area (Å²) in [5.74, 6) is 1.31. The summed E-state index contributed by atoms with van der Waals surface area (Å²) in [4.78, 5) is 8.16. The van der Waals surface area contributed by atoms with Crippen LogP contribution in [0.5, 0.6) is 11.8 Å². The molecule has 0 unspecified atom stereocenters. The van der Waals surface area contributed by atoms with Gasteiger partial charge in [-0.25, -0.2) is 9.97 Å². The van der Waals surface area contributed by atoms with Gasteiger partial charge in [0.15, 0.2) is 0 Å². The van der Waals surface area contributed by atoms with Crippen molar-refractivity contribution in [1.82, 2.24) is 9.97 Å². The van der Waals surface area contributed by atoms with E-state index < -0.39 is 0 Å². The van der Waals surface area contributed by atoms with Crippen LogP contribution in [0.25, 0.3) is 0 Å². The Kier molecular flexibility index (Phi) is 7.06. The fraction of sp³-hybridized carbons (Fsp3) is 0.375. The minimum absolute atomic E-state index is 0.613. The van der Waals surface area contributed by atoms with Crippen molar-refractivity contribution >= 4 is 0 Å². The Hall–Kier alpha value is -2.14. The average molecular weight is 288 g/mol. The van der Waals surface area contributed by atoms with E-state index in [1.54, 1.807) is 12.4 Å². The summed E-state index contributed by atoms with van der Waals surface area (Å²) in [6.07, 6.45) is 5.12. The van der Waals surface area contributed by atoms with Crippen molar-refractivity contribution in [1.29, 1.82) is 0 Å². The molecule has 2 heterocycles. The highest BCUT2D eigenvalue weighted by atomic mass is 16.5. The van der Waals surface area contributed by atoms with Gasteiger partial charge in [-0.2, -0.15) is 0 Å². The first-order valence-electron chi connectivity index (χ1n) is 7.10. The van der Waals surface area contributed by atoms with E-state index in [0.717, 1.165) is 12.8 Å². The lowest BCUT2D eigenvalue weighted by Crippen LogP contribution is -2.07. The second kappa shape index (κ2) is 9.72. The van der Waals surface area contributed by atoms with Gasteiger partial charge in [0.1, 0.15) is 0 Å². The number of hydrogen-bond donors (Lipinski definition) is 0. The Labute approximate surface area is 124 Å². The van der Waals surface area contributed by atoms with Gasteiger partial charge < -0.3 is 14.2 Å². The monoisotopic (exact) mass is 288 g/mol. The summed E-state index contributed by atoms with van der Waals surface area (Å²) in [6, 6.07) is 11.2. The van der Waals surface area contributed by atoms with Crippen molar-refractivity contribution in [2.75, 3.05) is 26.4 Å². The van der Waals surface area contributed by atoms with Gasteiger partial charge in [0.2, 0.25) is 11.8 Å². The van der Waals surface area contributed by atoms with Gasteiger partial charge in [-0.3, -0.25) is 0 Å². The minimum Gasteiger partial charge on any atom is -0.478 e. The molecular weight excluding hydrogens is 268 g/mol. The van der Waals surface area contributed by atoms with Crippen LogP contribution in [0.2, 0.25) is 0 Å². The molecule has 5 nitrogen and oxygen atoms in total. The first-order chi connectivity index (χ1) is 10.4. The average Bonchev–Trinajstić information content (AvgIpc) is 2.55. The van der Waals surface area contributed by atoms with Crippen molar-refractivity contribution in [3.8, 4) is 11.8 Å². The van der Waals surface area contributed by atoms with Crippen molar-refractivity contribution in [3.63, 3.8) is 0 Å². The number of hydrogen-bond acceptors (Lipinski definition) is 5. The normalized spacial score (nSPS) is 10.3. The first kappa shape index (κ1) is 15.3. The molecule has 0 aromatic carbocycles. The molecule has 5 heteroatoms. The summed E-state index contributed by atoms with van der Waals surface area (Å²) in [5, 5.41) is 0. The molecule has 0 fully saturated rings.